The first-order chi connectivity index (χ1) is 14.8. The molecule has 0 saturated carbocycles. The summed E-state index contributed by atoms with van der Waals surface area (Å²) in [6.45, 7) is 2.83. The first kappa shape index (κ1) is 24.8. The van der Waals surface area contributed by atoms with E-state index in [1.807, 2.05) is 24.4 Å². The molecule has 1 aromatic heterocycles. The highest BCUT2D eigenvalue weighted by molar-refractivity contribution is 7.89. The number of rotatable bonds is 12. The van der Waals surface area contributed by atoms with Gasteiger partial charge in [-0.2, -0.15) is 4.72 Å². The monoisotopic (exact) mass is 467 g/mol. The van der Waals surface area contributed by atoms with Crippen LogP contribution in [0.4, 0.5) is 4.79 Å². The molecule has 2 rings (SSSR count). The lowest BCUT2D eigenvalue weighted by Crippen LogP contribution is -2.41. The SMILES string of the molecule is COC(=O)C(CCCCNC(=O)NCCc1cccs1)NS(=O)(=O)c1ccc(C)cc1. The smallest absolute Gasteiger partial charge is 0.323 e. The molecule has 1 aromatic carbocycles. The van der Waals surface area contributed by atoms with E-state index >= 15 is 0 Å². The van der Waals surface area contributed by atoms with Crippen LogP contribution >= 0.6 is 11.3 Å². The van der Waals surface area contributed by atoms with Crippen molar-refractivity contribution >= 4 is 33.4 Å². The fourth-order valence-electron chi connectivity index (χ4n) is 2.83. The van der Waals surface area contributed by atoms with Crippen molar-refractivity contribution in [1.82, 2.24) is 15.4 Å². The topological polar surface area (TPSA) is 114 Å². The number of hydrogen-bond acceptors (Lipinski definition) is 6. The number of unbranched alkanes of at least 4 members (excludes halogenated alkanes) is 1. The quantitative estimate of drug-likeness (QED) is 0.328. The Balaban J connectivity index is 1.73. The zero-order valence-electron chi connectivity index (χ0n) is 17.7. The highest BCUT2D eigenvalue weighted by atomic mass is 32.2. The van der Waals surface area contributed by atoms with Crippen LogP contribution in [0.15, 0.2) is 46.7 Å². The molecule has 0 fully saturated rings. The highest BCUT2D eigenvalue weighted by Crippen LogP contribution is 2.13. The van der Waals surface area contributed by atoms with Crippen molar-refractivity contribution in [3.05, 3.63) is 52.2 Å². The Morgan fingerprint density at radius 3 is 2.42 bits per heavy atom. The van der Waals surface area contributed by atoms with Gasteiger partial charge < -0.3 is 15.4 Å². The number of amides is 2. The summed E-state index contributed by atoms with van der Waals surface area (Å²) in [5.41, 5.74) is 0.937. The van der Waals surface area contributed by atoms with Gasteiger partial charge in [-0.3, -0.25) is 4.79 Å². The Hall–Kier alpha value is -2.43. The highest BCUT2D eigenvalue weighted by Gasteiger charge is 2.26. The molecule has 8 nitrogen and oxygen atoms in total. The molecule has 3 N–H and O–H groups in total. The van der Waals surface area contributed by atoms with Gasteiger partial charge in [0.05, 0.1) is 12.0 Å². The second-order valence-corrected chi connectivity index (χ2v) is 9.76. The average molecular weight is 468 g/mol. The number of esters is 1. The van der Waals surface area contributed by atoms with Crippen molar-refractivity contribution in [3.63, 3.8) is 0 Å². The zero-order valence-corrected chi connectivity index (χ0v) is 19.4. The van der Waals surface area contributed by atoms with E-state index in [4.69, 9.17) is 4.74 Å². The van der Waals surface area contributed by atoms with Gasteiger partial charge in [0.25, 0.3) is 0 Å². The number of benzene rings is 1. The maximum Gasteiger partial charge on any atom is 0.323 e. The number of thiophene rings is 1. The minimum absolute atomic E-state index is 0.0906. The van der Waals surface area contributed by atoms with Crippen LogP contribution in [-0.4, -0.2) is 46.7 Å². The maximum absolute atomic E-state index is 12.6. The minimum atomic E-state index is -3.85. The molecule has 0 spiro atoms. The lowest BCUT2D eigenvalue weighted by Gasteiger charge is -2.17. The molecule has 2 amide bonds. The van der Waals surface area contributed by atoms with Crippen molar-refractivity contribution in [2.75, 3.05) is 20.2 Å². The standard InChI is InChI=1S/C21H29N3O5S2/c1-16-8-10-18(11-9-16)31(27,28)24-19(20(25)29-2)7-3-4-13-22-21(26)23-14-12-17-6-5-15-30-17/h5-6,8-11,15,19,24H,3-4,7,12-14H2,1-2H3,(H2,22,23,26). The van der Waals surface area contributed by atoms with E-state index in [0.29, 0.717) is 25.9 Å². The van der Waals surface area contributed by atoms with E-state index < -0.39 is 22.0 Å². The fraction of sp³-hybridized carbons (Fsp3) is 0.429. The predicted octanol–water partition coefficient (Wildman–Crippen LogP) is 2.59. The first-order valence-corrected chi connectivity index (χ1v) is 12.4. The minimum Gasteiger partial charge on any atom is -0.468 e. The third kappa shape index (κ3) is 8.68. The van der Waals surface area contributed by atoms with Crippen LogP contribution in [0.3, 0.4) is 0 Å². The summed E-state index contributed by atoms with van der Waals surface area (Å²) >= 11 is 1.65. The van der Waals surface area contributed by atoms with E-state index in [1.165, 1.54) is 24.1 Å². The van der Waals surface area contributed by atoms with Crippen LogP contribution in [0.1, 0.15) is 29.7 Å². The molecule has 0 bridgehead atoms. The van der Waals surface area contributed by atoms with Crippen molar-refractivity contribution in [3.8, 4) is 0 Å². The van der Waals surface area contributed by atoms with E-state index in [0.717, 1.165) is 12.0 Å². The van der Waals surface area contributed by atoms with E-state index in [-0.39, 0.29) is 17.3 Å². The number of hydrogen-bond donors (Lipinski definition) is 3. The number of urea groups is 1. The van der Waals surface area contributed by atoms with Crippen LogP contribution in [0.2, 0.25) is 0 Å². The summed E-state index contributed by atoms with van der Waals surface area (Å²) in [6, 6.07) is 9.13. The second-order valence-electron chi connectivity index (χ2n) is 7.02. The molecule has 10 heteroatoms. The molecule has 1 heterocycles. The number of methoxy groups -OCH3 is 1. The van der Waals surface area contributed by atoms with E-state index in [1.54, 1.807) is 23.5 Å². The van der Waals surface area contributed by atoms with Gasteiger partial charge in [-0.05, 0) is 56.2 Å². The van der Waals surface area contributed by atoms with Gasteiger partial charge in [0.2, 0.25) is 10.0 Å². The van der Waals surface area contributed by atoms with Gasteiger partial charge in [-0.15, -0.1) is 11.3 Å². The second kappa shape index (κ2) is 12.4. The molecule has 0 aliphatic heterocycles. The van der Waals surface area contributed by atoms with Crippen LogP contribution < -0.4 is 15.4 Å². The molecule has 170 valence electrons. The largest absolute Gasteiger partial charge is 0.468 e. The Kier molecular flexibility index (Phi) is 9.96. The Labute approximate surface area is 187 Å². The molecule has 31 heavy (non-hydrogen) atoms. The third-order valence-electron chi connectivity index (χ3n) is 4.56. The molecule has 0 saturated heterocycles. The number of carbonyl (C=O) groups is 2. The van der Waals surface area contributed by atoms with Crippen LogP contribution in [0.5, 0.6) is 0 Å². The predicted molar refractivity (Wildman–Crippen MR) is 121 cm³/mol. The summed E-state index contributed by atoms with van der Waals surface area (Å²) in [5, 5.41) is 7.55. The van der Waals surface area contributed by atoms with Crippen LogP contribution in [-0.2, 0) is 26.0 Å². The molecular weight excluding hydrogens is 438 g/mol. The van der Waals surface area contributed by atoms with Gasteiger partial charge in [-0.1, -0.05) is 23.8 Å². The molecule has 1 unspecified atom stereocenters. The summed E-state index contributed by atoms with van der Waals surface area (Å²) in [4.78, 5) is 25.1. The Bertz CT molecular complexity index is 928. The van der Waals surface area contributed by atoms with Gasteiger partial charge in [0, 0.05) is 18.0 Å². The zero-order chi connectivity index (χ0) is 22.7. The Morgan fingerprint density at radius 2 is 1.77 bits per heavy atom. The van der Waals surface area contributed by atoms with Crippen LogP contribution in [0.25, 0.3) is 0 Å². The van der Waals surface area contributed by atoms with Gasteiger partial charge in [-0.25, -0.2) is 13.2 Å². The van der Waals surface area contributed by atoms with E-state index in [9.17, 15) is 18.0 Å². The third-order valence-corrected chi connectivity index (χ3v) is 6.98. The number of sulfonamides is 1. The van der Waals surface area contributed by atoms with Crippen molar-refractivity contribution < 1.29 is 22.7 Å². The lowest BCUT2D eigenvalue weighted by atomic mass is 10.1. The summed E-state index contributed by atoms with van der Waals surface area (Å²) in [5.74, 6) is -0.644. The normalized spacial score (nSPS) is 12.2. The summed E-state index contributed by atoms with van der Waals surface area (Å²) < 4.78 is 32.3. The molecule has 0 aliphatic carbocycles. The van der Waals surface area contributed by atoms with Crippen LogP contribution in [0, 0.1) is 6.92 Å². The van der Waals surface area contributed by atoms with Gasteiger partial charge in [0.1, 0.15) is 6.04 Å². The number of nitrogens with one attached hydrogen (secondary N) is 3. The number of carbonyl (C=O) groups excluding carboxylic acids is 2. The fourth-order valence-corrected chi connectivity index (χ4v) is 4.76. The molecule has 2 aromatic rings. The van der Waals surface area contributed by atoms with Gasteiger partial charge in [0.15, 0.2) is 0 Å². The molecular formula is C21H29N3O5S2. The Morgan fingerprint density at radius 1 is 1.06 bits per heavy atom. The molecule has 0 radical (unpaired) electrons. The summed E-state index contributed by atoms with van der Waals surface area (Å²) in [7, 11) is -2.63. The van der Waals surface area contributed by atoms with Gasteiger partial charge >= 0.3 is 12.0 Å². The lowest BCUT2D eigenvalue weighted by molar-refractivity contribution is -0.142. The first-order valence-electron chi connectivity index (χ1n) is 10.0. The average Bonchev–Trinajstić information content (AvgIpc) is 3.26. The van der Waals surface area contributed by atoms with Crippen molar-refractivity contribution in [1.29, 1.82) is 0 Å². The van der Waals surface area contributed by atoms with E-state index in [2.05, 4.69) is 15.4 Å². The summed E-state index contributed by atoms with van der Waals surface area (Å²) in [6.07, 6.45) is 2.18. The van der Waals surface area contributed by atoms with Crippen molar-refractivity contribution in [2.45, 2.75) is 43.5 Å². The maximum atomic E-state index is 12.6. The molecule has 0 aliphatic rings. The molecule has 1 atom stereocenters. The number of ether oxygens (including phenoxy) is 1. The number of aryl methyl sites for hydroxylation is 1. The van der Waals surface area contributed by atoms with Crippen molar-refractivity contribution in [2.24, 2.45) is 0 Å².